The van der Waals surface area contributed by atoms with Crippen LogP contribution in [-0.2, 0) is 10.0 Å². The van der Waals surface area contributed by atoms with Gasteiger partial charge in [-0.2, -0.15) is 0 Å². The molecule has 0 bridgehead atoms. The Morgan fingerprint density at radius 2 is 2.04 bits per heavy atom. The lowest BCUT2D eigenvalue weighted by molar-refractivity contribution is 0.536. The van der Waals surface area contributed by atoms with E-state index in [-0.39, 0.29) is 35.4 Å². The van der Waals surface area contributed by atoms with Crippen LogP contribution in [0.4, 0.5) is 0 Å². The Morgan fingerprint density at radius 3 is 2.65 bits per heavy atom. The summed E-state index contributed by atoms with van der Waals surface area (Å²) in [7, 11) is -1.81. The first-order valence-corrected chi connectivity index (χ1v) is 10.3. The molecule has 1 rings (SSSR count). The summed E-state index contributed by atoms with van der Waals surface area (Å²) in [5, 5.41) is 6.45. The van der Waals surface area contributed by atoms with Crippen LogP contribution in [0.3, 0.4) is 0 Å². The second kappa shape index (κ2) is 14.2. The Kier molecular flexibility index (Phi) is 13.6. The van der Waals surface area contributed by atoms with Crippen molar-refractivity contribution < 1.29 is 8.42 Å². The summed E-state index contributed by atoms with van der Waals surface area (Å²) < 4.78 is 26.7. The van der Waals surface area contributed by atoms with Crippen LogP contribution in [0.5, 0.6) is 0 Å². The van der Waals surface area contributed by atoms with E-state index in [9.17, 15) is 8.42 Å². The number of guanidine groups is 1. The lowest BCUT2D eigenvalue weighted by Gasteiger charge is -2.18. The molecule has 0 aliphatic heterocycles. The minimum Gasteiger partial charge on any atom is -0.355 e. The molecule has 1 unspecified atom stereocenters. The molecule has 0 amide bonds. The molecular formula is C17H32IN5O2S. The molecule has 0 aromatic carbocycles. The number of pyridine rings is 1. The summed E-state index contributed by atoms with van der Waals surface area (Å²) in [5.41, 5.74) is 0. The minimum absolute atomic E-state index is 0. The summed E-state index contributed by atoms with van der Waals surface area (Å²) in [6, 6.07) is 3.44. The van der Waals surface area contributed by atoms with Gasteiger partial charge in [-0.05, 0) is 25.5 Å². The predicted octanol–water partition coefficient (Wildman–Crippen LogP) is 2.50. The number of nitrogens with one attached hydrogen (secondary N) is 3. The van der Waals surface area contributed by atoms with Gasteiger partial charge in [0.25, 0.3) is 0 Å². The molecule has 0 radical (unpaired) electrons. The zero-order chi connectivity index (χ0) is 18.5. The normalized spacial score (nSPS) is 13.0. The Labute approximate surface area is 174 Å². The lowest BCUT2D eigenvalue weighted by atomic mass is 10.1. The molecule has 9 heteroatoms. The summed E-state index contributed by atoms with van der Waals surface area (Å²) in [4.78, 5) is 8.16. The van der Waals surface area contributed by atoms with Crippen LogP contribution in [0.25, 0.3) is 0 Å². The average molecular weight is 497 g/mol. The molecule has 0 aliphatic carbocycles. The fraction of sp³-hybridized carbons (Fsp3) is 0.647. The van der Waals surface area contributed by atoms with Crippen LogP contribution in [0.1, 0.15) is 46.0 Å². The van der Waals surface area contributed by atoms with E-state index in [0.29, 0.717) is 18.5 Å². The predicted molar refractivity (Wildman–Crippen MR) is 118 cm³/mol. The van der Waals surface area contributed by atoms with Gasteiger partial charge in [0.15, 0.2) is 5.96 Å². The number of sulfonamides is 1. The van der Waals surface area contributed by atoms with Gasteiger partial charge in [0.1, 0.15) is 4.90 Å². The maximum atomic E-state index is 12.1. The van der Waals surface area contributed by atoms with Crippen molar-refractivity contribution in [2.45, 2.75) is 56.9 Å². The van der Waals surface area contributed by atoms with Gasteiger partial charge in [-0.25, -0.2) is 13.1 Å². The van der Waals surface area contributed by atoms with E-state index >= 15 is 0 Å². The van der Waals surface area contributed by atoms with E-state index in [2.05, 4.69) is 39.2 Å². The molecule has 7 nitrogen and oxygen atoms in total. The van der Waals surface area contributed by atoms with Crippen LogP contribution in [-0.4, -0.2) is 45.5 Å². The fourth-order valence-corrected chi connectivity index (χ4v) is 3.33. The molecule has 0 saturated heterocycles. The Bertz CT molecular complexity index is 611. The lowest BCUT2D eigenvalue weighted by Crippen LogP contribution is -2.44. The maximum absolute atomic E-state index is 12.1. The van der Waals surface area contributed by atoms with Gasteiger partial charge >= 0.3 is 0 Å². The van der Waals surface area contributed by atoms with Crippen molar-refractivity contribution in [1.29, 1.82) is 0 Å². The molecule has 0 spiro atoms. The number of unbranched alkanes of at least 4 members (excludes halogenated alkanes) is 3. The van der Waals surface area contributed by atoms with E-state index in [1.54, 1.807) is 19.3 Å². The topological polar surface area (TPSA) is 95.5 Å². The van der Waals surface area contributed by atoms with Crippen LogP contribution < -0.4 is 15.4 Å². The third-order valence-electron chi connectivity index (χ3n) is 3.75. The molecule has 150 valence electrons. The molecule has 0 saturated carbocycles. The van der Waals surface area contributed by atoms with Crippen molar-refractivity contribution in [3.63, 3.8) is 0 Å². The molecule has 1 aromatic heterocycles. The zero-order valence-electron chi connectivity index (χ0n) is 15.9. The number of halogens is 1. The Morgan fingerprint density at radius 1 is 1.27 bits per heavy atom. The van der Waals surface area contributed by atoms with Crippen molar-refractivity contribution in [1.82, 2.24) is 20.3 Å². The summed E-state index contributed by atoms with van der Waals surface area (Å²) in [6.45, 7) is 5.05. The number of hydrogen-bond acceptors (Lipinski definition) is 4. The van der Waals surface area contributed by atoms with Gasteiger partial charge in [0, 0.05) is 38.6 Å². The highest BCUT2D eigenvalue weighted by molar-refractivity contribution is 14.0. The third kappa shape index (κ3) is 10.3. The van der Waals surface area contributed by atoms with Crippen molar-refractivity contribution in [3.05, 3.63) is 24.5 Å². The second-order valence-electron chi connectivity index (χ2n) is 5.98. The van der Waals surface area contributed by atoms with Gasteiger partial charge in [-0.1, -0.05) is 32.6 Å². The first-order chi connectivity index (χ1) is 12.0. The molecule has 1 atom stereocenters. The van der Waals surface area contributed by atoms with Gasteiger partial charge in [-0.15, -0.1) is 24.0 Å². The van der Waals surface area contributed by atoms with Crippen LogP contribution in [0, 0.1) is 0 Å². The summed E-state index contributed by atoms with van der Waals surface area (Å²) in [6.07, 6.45) is 8.93. The Hall–Kier alpha value is -0.940. The maximum Gasteiger partial charge on any atom is 0.242 e. The third-order valence-corrected chi connectivity index (χ3v) is 5.20. The average Bonchev–Trinajstić information content (AvgIpc) is 2.62. The van der Waals surface area contributed by atoms with E-state index in [1.807, 2.05) is 0 Å². The second-order valence-corrected chi connectivity index (χ2v) is 7.75. The van der Waals surface area contributed by atoms with Crippen molar-refractivity contribution in [3.8, 4) is 0 Å². The van der Waals surface area contributed by atoms with Gasteiger partial charge < -0.3 is 10.6 Å². The van der Waals surface area contributed by atoms with E-state index < -0.39 is 10.0 Å². The molecule has 1 heterocycles. The van der Waals surface area contributed by atoms with Crippen molar-refractivity contribution in [2.75, 3.05) is 20.1 Å². The largest absolute Gasteiger partial charge is 0.355 e. The summed E-state index contributed by atoms with van der Waals surface area (Å²) in [5.74, 6) is 0.684. The van der Waals surface area contributed by atoms with Crippen LogP contribution >= 0.6 is 24.0 Å². The SMILES string of the molecule is CCCCCCC(C)NC(=NC)NCCNS(=O)(=O)c1cccnc1.I. The molecule has 1 aromatic rings. The molecule has 26 heavy (non-hydrogen) atoms. The minimum atomic E-state index is -3.52. The number of nitrogens with zero attached hydrogens (tertiary/aromatic N) is 2. The van der Waals surface area contributed by atoms with Gasteiger partial charge in [0.2, 0.25) is 10.0 Å². The van der Waals surface area contributed by atoms with E-state index in [4.69, 9.17) is 0 Å². The highest BCUT2D eigenvalue weighted by Crippen LogP contribution is 2.05. The first kappa shape index (κ1) is 25.1. The smallest absolute Gasteiger partial charge is 0.242 e. The van der Waals surface area contributed by atoms with Crippen molar-refractivity contribution >= 4 is 40.0 Å². The van der Waals surface area contributed by atoms with Gasteiger partial charge in [-0.3, -0.25) is 9.98 Å². The van der Waals surface area contributed by atoms with E-state index in [0.717, 1.165) is 6.42 Å². The zero-order valence-corrected chi connectivity index (χ0v) is 19.0. The summed E-state index contributed by atoms with van der Waals surface area (Å²) >= 11 is 0. The highest BCUT2D eigenvalue weighted by Gasteiger charge is 2.13. The van der Waals surface area contributed by atoms with E-state index in [1.165, 1.54) is 37.9 Å². The molecule has 0 fully saturated rings. The number of aliphatic imine (C=N–C) groups is 1. The quantitative estimate of drug-likeness (QED) is 0.189. The number of hydrogen-bond donors (Lipinski definition) is 3. The van der Waals surface area contributed by atoms with Crippen LogP contribution in [0.15, 0.2) is 34.4 Å². The fourth-order valence-electron chi connectivity index (χ4n) is 2.33. The van der Waals surface area contributed by atoms with Gasteiger partial charge in [0.05, 0.1) is 0 Å². The van der Waals surface area contributed by atoms with Crippen LogP contribution in [0.2, 0.25) is 0 Å². The number of rotatable bonds is 11. The Balaban J connectivity index is 0.00000625. The number of aromatic nitrogens is 1. The highest BCUT2D eigenvalue weighted by atomic mass is 127. The molecule has 3 N–H and O–H groups in total. The molecular weight excluding hydrogens is 465 g/mol. The van der Waals surface area contributed by atoms with Crippen molar-refractivity contribution in [2.24, 2.45) is 4.99 Å². The molecule has 0 aliphatic rings. The standard InChI is InChI=1S/C17H31N5O2S.HI/c1-4-5-6-7-9-15(2)22-17(18-3)20-12-13-21-25(23,24)16-10-8-11-19-14-16;/h8,10-11,14-15,21H,4-7,9,12-13H2,1-3H3,(H2,18,20,22);1H. The monoisotopic (exact) mass is 497 g/mol. The first-order valence-electron chi connectivity index (χ1n) is 8.86.